The number of carbonyl (C=O) groups excluding carboxylic acids is 1. The maximum Gasteiger partial charge on any atom is 0.303 e. The summed E-state index contributed by atoms with van der Waals surface area (Å²) in [4.78, 5) is 28.1. The van der Waals surface area contributed by atoms with Gasteiger partial charge in [0, 0.05) is 32.6 Å². The van der Waals surface area contributed by atoms with Crippen LogP contribution in [0.4, 0.5) is 0 Å². The van der Waals surface area contributed by atoms with Crippen molar-refractivity contribution >= 4 is 11.9 Å². The van der Waals surface area contributed by atoms with Crippen LogP contribution in [-0.4, -0.2) is 70.1 Å². The van der Waals surface area contributed by atoms with Crippen molar-refractivity contribution in [2.24, 2.45) is 11.8 Å². The number of piperidine rings is 1. The van der Waals surface area contributed by atoms with Crippen LogP contribution < -0.4 is 0 Å². The molecule has 4 N–H and O–H groups in total. The maximum atomic E-state index is 12.8. The van der Waals surface area contributed by atoms with Gasteiger partial charge in [0.05, 0.1) is 6.42 Å². The number of phenolic OH excluding ortho intramolecular Hbond substituents is 1. The van der Waals surface area contributed by atoms with Crippen LogP contribution in [0.2, 0.25) is 0 Å². The molecular weight excluding hydrogens is 420 g/mol. The van der Waals surface area contributed by atoms with Gasteiger partial charge in [-0.15, -0.1) is 0 Å². The monoisotopic (exact) mass is 462 g/mol. The zero-order chi connectivity index (χ0) is 23.1. The van der Waals surface area contributed by atoms with Crippen molar-refractivity contribution in [2.45, 2.75) is 70.6 Å². The van der Waals surface area contributed by atoms with Gasteiger partial charge >= 0.3 is 5.97 Å². The van der Waals surface area contributed by atoms with Crippen LogP contribution in [0, 0.1) is 11.8 Å². The van der Waals surface area contributed by atoms with Crippen LogP contribution >= 0.6 is 0 Å². The molecule has 0 spiro atoms. The molecule has 1 aliphatic heterocycles. The molecule has 2 fully saturated rings. The number of hydrogen-bond acceptors (Lipinski definition) is 4. The van der Waals surface area contributed by atoms with E-state index in [1.165, 1.54) is 37.7 Å². The molecule has 1 aliphatic carbocycles. The highest BCUT2D eigenvalue weighted by molar-refractivity contribution is 5.80. The molecule has 2 atom stereocenters. The molecule has 2 aliphatic rings. The fourth-order valence-corrected chi connectivity index (χ4v) is 5.44. The lowest BCUT2D eigenvalue weighted by atomic mass is 9.68. The average molecular weight is 463 g/mol. The molecular formula is C26H42N2O5. The third-order valence-corrected chi connectivity index (χ3v) is 7.87. The first-order valence-electron chi connectivity index (χ1n) is 12.3. The standard InChI is InChI=1S/C26H40N2O4.H2O/c1-20-18-27(14-13-26(20,2)22-9-6-10-23(29)17-22)15-16-28(24(30)11-12-25(31)32)19-21-7-4-3-5-8-21;/h6,9-10,17,20-21,29H,3-5,7-8,11-16,18-19H2,1-2H3,(H,31,32);1H2/t20-,26-;/m0./s1. The van der Waals surface area contributed by atoms with Crippen molar-refractivity contribution in [1.29, 1.82) is 0 Å². The Labute approximate surface area is 198 Å². The van der Waals surface area contributed by atoms with E-state index >= 15 is 0 Å². The lowest BCUT2D eigenvalue weighted by molar-refractivity contribution is -0.141. The molecule has 3 rings (SSSR count). The van der Waals surface area contributed by atoms with E-state index in [9.17, 15) is 14.7 Å². The van der Waals surface area contributed by atoms with Crippen LogP contribution in [0.5, 0.6) is 5.75 Å². The molecule has 0 aromatic heterocycles. The number of aromatic hydroxyl groups is 1. The molecule has 0 bridgehead atoms. The number of rotatable bonds is 9. The van der Waals surface area contributed by atoms with Gasteiger partial charge in [-0.2, -0.15) is 0 Å². The zero-order valence-corrected chi connectivity index (χ0v) is 20.3. The highest BCUT2D eigenvalue weighted by atomic mass is 16.4. The van der Waals surface area contributed by atoms with E-state index in [1.54, 1.807) is 6.07 Å². The molecule has 1 amide bonds. The summed E-state index contributed by atoms with van der Waals surface area (Å²) < 4.78 is 0. The van der Waals surface area contributed by atoms with E-state index in [2.05, 4.69) is 24.8 Å². The Kier molecular flexibility index (Phi) is 10.2. The Morgan fingerprint density at radius 2 is 1.91 bits per heavy atom. The molecule has 0 radical (unpaired) electrons. The Morgan fingerprint density at radius 1 is 1.18 bits per heavy atom. The number of carboxylic acids is 1. The number of phenols is 1. The van der Waals surface area contributed by atoms with Crippen LogP contribution in [0.1, 0.15) is 70.8 Å². The number of amides is 1. The average Bonchev–Trinajstić information content (AvgIpc) is 2.78. The second-order valence-electron chi connectivity index (χ2n) is 10.2. The first-order chi connectivity index (χ1) is 15.3. The number of nitrogens with zero attached hydrogens (tertiary/aromatic N) is 2. The number of aliphatic carboxylic acids is 1. The van der Waals surface area contributed by atoms with Gasteiger partial charge in [0.1, 0.15) is 5.75 Å². The molecule has 1 heterocycles. The highest BCUT2D eigenvalue weighted by Crippen LogP contribution is 2.40. The SMILES string of the molecule is C[C@H]1CN(CCN(CC2CCCCC2)C(=O)CCC(=O)O)CC[C@]1(C)c1cccc(O)c1.O. The minimum absolute atomic E-state index is 0. The Hall–Kier alpha value is -2.12. The van der Waals surface area contributed by atoms with E-state index in [-0.39, 0.29) is 29.6 Å². The third kappa shape index (κ3) is 7.44. The molecule has 7 nitrogen and oxygen atoms in total. The number of benzene rings is 1. The molecule has 186 valence electrons. The lowest BCUT2D eigenvalue weighted by Gasteiger charge is -2.45. The normalized spacial score (nSPS) is 24.1. The summed E-state index contributed by atoms with van der Waals surface area (Å²) in [6, 6.07) is 7.63. The van der Waals surface area contributed by atoms with Crippen LogP contribution in [0.15, 0.2) is 24.3 Å². The van der Waals surface area contributed by atoms with Gasteiger partial charge in [-0.05, 0) is 60.8 Å². The van der Waals surface area contributed by atoms with Crippen LogP contribution in [0.3, 0.4) is 0 Å². The van der Waals surface area contributed by atoms with Crippen molar-refractivity contribution in [2.75, 3.05) is 32.7 Å². The second-order valence-corrected chi connectivity index (χ2v) is 10.2. The van der Waals surface area contributed by atoms with Gasteiger partial charge in [-0.25, -0.2) is 0 Å². The zero-order valence-electron chi connectivity index (χ0n) is 20.3. The summed E-state index contributed by atoms with van der Waals surface area (Å²) in [7, 11) is 0. The minimum Gasteiger partial charge on any atom is -0.508 e. The maximum absolute atomic E-state index is 12.8. The quantitative estimate of drug-likeness (QED) is 0.584. The van der Waals surface area contributed by atoms with E-state index in [0.29, 0.717) is 24.1 Å². The highest BCUT2D eigenvalue weighted by Gasteiger charge is 2.38. The van der Waals surface area contributed by atoms with Crippen molar-refractivity contribution in [3.63, 3.8) is 0 Å². The van der Waals surface area contributed by atoms with Crippen molar-refractivity contribution in [1.82, 2.24) is 9.80 Å². The topological polar surface area (TPSA) is 113 Å². The van der Waals surface area contributed by atoms with Crippen molar-refractivity contribution < 1.29 is 25.3 Å². The van der Waals surface area contributed by atoms with Gasteiger partial charge in [-0.1, -0.05) is 45.2 Å². The Bertz CT molecular complexity index is 780. The summed E-state index contributed by atoms with van der Waals surface area (Å²) >= 11 is 0. The van der Waals surface area contributed by atoms with Crippen molar-refractivity contribution in [3.05, 3.63) is 29.8 Å². The molecule has 1 aromatic carbocycles. The van der Waals surface area contributed by atoms with Gasteiger partial charge in [-0.3, -0.25) is 9.59 Å². The van der Waals surface area contributed by atoms with E-state index in [0.717, 1.165) is 32.6 Å². The summed E-state index contributed by atoms with van der Waals surface area (Å²) in [6.07, 6.45) is 7.10. The second kappa shape index (κ2) is 12.4. The minimum atomic E-state index is -0.910. The number of carboxylic acid groups (broad SMARTS) is 1. The van der Waals surface area contributed by atoms with E-state index in [1.807, 2.05) is 17.0 Å². The van der Waals surface area contributed by atoms with E-state index in [4.69, 9.17) is 5.11 Å². The van der Waals surface area contributed by atoms with Gasteiger partial charge in [0.2, 0.25) is 5.91 Å². The molecule has 1 saturated heterocycles. The lowest BCUT2D eigenvalue weighted by Crippen LogP contribution is -2.50. The number of hydrogen-bond donors (Lipinski definition) is 2. The molecule has 33 heavy (non-hydrogen) atoms. The van der Waals surface area contributed by atoms with Gasteiger partial charge < -0.3 is 25.5 Å². The third-order valence-electron chi connectivity index (χ3n) is 7.87. The largest absolute Gasteiger partial charge is 0.508 e. The molecule has 7 heteroatoms. The first-order valence-corrected chi connectivity index (χ1v) is 12.3. The predicted octanol–water partition coefficient (Wildman–Crippen LogP) is 3.44. The Balaban J connectivity index is 0.00000385. The molecule has 1 aromatic rings. The first kappa shape index (κ1) is 27.1. The predicted molar refractivity (Wildman–Crippen MR) is 129 cm³/mol. The van der Waals surface area contributed by atoms with Gasteiger partial charge in [0.25, 0.3) is 0 Å². The van der Waals surface area contributed by atoms with E-state index < -0.39 is 5.97 Å². The summed E-state index contributed by atoms with van der Waals surface area (Å²) in [5.74, 6) is 0.357. The summed E-state index contributed by atoms with van der Waals surface area (Å²) in [5, 5.41) is 18.9. The molecule has 1 saturated carbocycles. The van der Waals surface area contributed by atoms with Crippen LogP contribution in [0.25, 0.3) is 0 Å². The molecule has 0 unspecified atom stereocenters. The van der Waals surface area contributed by atoms with Gasteiger partial charge in [0.15, 0.2) is 0 Å². The Morgan fingerprint density at radius 3 is 2.55 bits per heavy atom. The summed E-state index contributed by atoms with van der Waals surface area (Å²) in [5.41, 5.74) is 1.21. The smallest absolute Gasteiger partial charge is 0.303 e. The van der Waals surface area contributed by atoms with Crippen LogP contribution in [-0.2, 0) is 15.0 Å². The summed E-state index contributed by atoms with van der Waals surface area (Å²) in [6.45, 7) is 8.73. The van der Waals surface area contributed by atoms with Crippen molar-refractivity contribution in [3.8, 4) is 5.75 Å². The fraction of sp³-hybridized carbons (Fsp3) is 0.692. The fourth-order valence-electron chi connectivity index (χ4n) is 5.44. The number of carbonyl (C=O) groups is 2. The number of likely N-dealkylation sites (tertiary alicyclic amines) is 1.